The van der Waals surface area contributed by atoms with Crippen LogP contribution in [0.3, 0.4) is 0 Å². The zero-order valence-corrected chi connectivity index (χ0v) is 19.2. The minimum atomic E-state index is 0.301. The molecule has 3 heteroatoms. The second-order valence-electron chi connectivity index (χ2n) is 8.10. The van der Waals surface area contributed by atoms with Gasteiger partial charge in [0.15, 0.2) is 0 Å². The Hall–Kier alpha value is -2.88. The van der Waals surface area contributed by atoms with E-state index < -0.39 is 0 Å². The lowest BCUT2D eigenvalue weighted by molar-refractivity contribution is 0.209. The van der Waals surface area contributed by atoms with Gasteiger partial charge in [-0.3, -0.25) is 4.90 Å². The van der Waals surface area contributed by atoms with Crippen LogP contribution in [0.15, 0.2) is 91.0 Å². The third-order valence-electron chi connectivity index (χ3n) is 5.68. The van der Waals surface area contributed by atoms with Crippen molar-refractivity contribution in [1.82, 2.24) is 9.80 Å². The summed E-state index contributed by atoms with van der Waals surface area (Å²) in [6.07, 6.45) is 2.38. The standard InChI is InChI=1S/C28H34N2O/c1-23(24-15-17-27(31-4)18-16-24)30(22-21-29(2)3)20-19-28(25-11-7-5-8-12-25)26-13-9-6-10-14-26/h5-19,23H,20-22H2,1-4H3/t23-/m1/s1. The van der Waals surface area contributed by atoms with Crippen LogP contribution in [0.5, 0.6) is 5.75 Å². The largest absolute Gasteiger partial charge is 0.497 e. The maximum atomic E-state index is 5.34. The summed E-state index contributed by atoms with van der Waals surface area (Å²) in [5.41, 5.74) is 5.07. The molecule has 3 rings (SSSR count). The Balaban J connectivity index is 1.89. The highest BCUT2D eigenvalue weighted by atomic mass is 16.5. The van der Waals surface area contributed by atoms with Crippen molar-refractivity contribution in [3.05, 3.63) is 108 Å². The maximum absolute atomic E-state index is 5.34. The summed E-state index contributed by atoms with van der Waals surface area (Å²) in [6, 6.07) is 30.1. The monoisotopic (exact) mass is 414 g/mol. The van der Waals surface area contributed by atoms with Gasteiger partial charge in [0, 0.05) is 25.7 Å². The van der Waals surface area contributed by atoms with E-state index in [0.717, 1.165) is 25.4 Å². The van der Waals surface area contributed by atoms with Crippen molar-refractivity contribution in [2.24, 2.45) is 0 Å². The van der Waals surface area contributed by atoms with Crippen LogP contribution in [0, 0.1) is 0 Å². The summed E-state index contributed by atoms with van der Waals surface area (Å²) in [5.74, 6) is 0.895. The summed E-state index contributed by atoms with van der Waals surface area (Å²) in [6.45, 7) is 5.17. The van der Waals surface area contributed by atoms with Gasteiger partial charge in [-0.25, -0.2) is 0 Å². The number of hydrogen-bond donors (Lipinski definition) is 0. The third kappa shape index (κ3) is 6.55. The van der Waals surface area contributed by atoms with Gasteiger partial charge in [0.25, 0.3) is 0 Å². The summed E-state index contributed by atoms with van der Waals surface area (Å²) in [4.78, 5) is 4.78. The highest BCUT2D eigenvalue weighted by Crippen LogP contribution is 2.26. The minimum absolute atomic E-state index is 0.301. The molecule has 0 saturated carbocycles. The van der Waals surface area contributed by atoms with E-state index in [4.69, 9.17) is 4.74 Å². The van der Waals surface area contributed by atoms with E-state index in [9.17, 15) is 0 Å². The minimum Gasteiger partial charge on any atom is -0.497 e. The highest BCUT2D eigenvalue weighted by Gasteiger charge is 2.16. The summed E-state index contributed by atoms with van der Waals surface area (Å²) < 4.78 is 5.34. The molecule has 0 aliphatic carbocycles. The molecule has 31 heavy (non-hydrogen) atoms. The lowest BCUT2D eigenvalue weighted by atomic mass is 9.97. The van der Waals surface area contributed by atoms with E-state index >= 15 is 0 Å². The molecule has 0 aliphatic heterocycles. The predicted octanol–water partition coefficient (Wildman–Crippen LogP) is 5.75. The Morgan fingerprint density at radius 3 is 1.84 bits per heavy atom. The Kier molecular flexibility index (Phi) is 8.45. The lowest BCUT2D eigenvalue weighted by Crippen LogP contribution is -2.34. The molecule has 3 nitrogen and oxygen atoms in total. The van der Waals surface area contributed by atoms with E-state index in [0.29, 0.717) is 6.04 Å². The molecule has 0 spiro atoms. The van der Waals surface area contributed by atoms with Gasteiger partial charge in [-0.1, -0.05) is 78.9 Å². The van der Waals surface area contributed by atoms with Crippen LogP contribution in [-0.2, 0) is 0 Å². The molecular weight excluding hydrogens is 380 g/mol. The average Bonchev–Trinajstić information content (AvgIpc) is 2.82. The summed E-state index contributed by atoms with van der Waals surface area (Å²) in [5, 5.41) is 0. The molecule has 0 N–H and O–H groups in total. The van der Waals surface area contributed by atoms with Crippen molar-refractivity contribution in [2.45, 2.75) is 13.0 Å². The normalized spacial score (nSPS) is 12.1. The maximum Gasteiger partial charge on any atom is 0.118 e. The van der Waals surface area contributed by atoms with Crippen molar-refractivity contribution in [2.75, 3.05) is 40.8 Å². The lowest BCUT2D eigenvalue weighted by Gasteiger charge is -2.30. The van der Waals surface area contributed by atoms with Crippen LogP contribution in [0.1, 0.15) is 29.7 Å². The molecule has 3 aromatic rings. The predicted molar refractivity (Wildman–Crippen MR) is 131 cm³/mol. The highest BCUT2D eigenvalue weighted by molar-refractivity contribution is 5.79. The van der Waals surface area contributed by atoms with Crippen molar-refractivity contribution in [1.29, 1.82) is 0 Å². The Labute approximate surface area is 187 Å². The number of hydrogen-bond acceptors (Lipinski definition) is 3. The van der Waals surface area contributed by atoms with Gasteiger partial charge >= 0.3 is 0 Å². The van der Waals surface area contributed by atoms with Gasteiger partial charge in [0.2, 0.25) is 0 Å². The fourth-order valence-electron chi connectivity index (χ4n) is 3.71. The van der Waals surface area contributed by atoms with E-state index in [1.54, 1.807) is 7.11 Å². The zero-order valence-electron chi connectivity index (χ0n) is 19.2. The quantitative estimate of drug-likeness (QED) is 0.420. The van der Waals surface area contributed by atoms with Gasteiger partial charge in [0.05, 0.1) is 7.11 Å². The van der Waals surface area contributed by atoms with Crippen LogP contribution < -0.4 is 4.74 Å². The zero-order chi connectivity index (χ0) is 22.1. The fraction of sp³-hybridized carbons (Fsp3) is 0.286. The molecule has 162 valence electrons. The molecule has 0 unspecified atom stereocenters. The number of rotatable bonds is 10. The number of methoxy groups -OCH3 is 1. The number of benzene rings is 3. The Morgan fingerprint density at radius 2 is 1.35 bits per heavy atom. The second-order valence-corrected chi connectivity index (χ2v) is 8.10. The molecule has 0 aromatic heterocycles. The molecule has 1 atom stereocenters. The third-order valence-corrected chi connectivity index (χ3v) is 5.68. The van der Waals surface area contributed by atoms with Crippen LogP contribution in [0.4, 0.5) is 0 Å². The topological polar surface area (TPSA) is 15.7 Å². The summed E-state index contributed by atoms with van der Waals surface area (Å²) >= 11 is 0. The molecule has 0 amide bonds. The van der Waals surface area contributed by atoms with Crippen molar-refractivity contribution in [3.63, 3.8) is 0 Å². The van der Waals surface area contributed by atoms with Gasteiger partial charge in [-0.2, -0.15) is 0 Å². The Morgan fingerprint density at radius 1 is 0.806 bits per heavy atom. The van der Waals surface area contributed by atoms with Crippen LogP contribution in [0.25, 0.3) is 5.57 Å². The molecule has 0 fully saturated rings. The number of nitrogens with zero attached hydrogens (tertiary/aromatic N) is 2. The van der Waals surface area contributed by atoms with E-state index in [2.05, 4.69) is 110 Å². The SMILES string of the molecule is COc1ccc([C@@H](C)N(CC=C(c2ccccc2)c2ccccc2)CCN(C)C)cc1. The van der Waals surface area contributed by atoms with Gasteiger partial charge in [-0.15, -0.1) is 0 Å². The molecule has 0 aliphatic rings. The smallest absolute Gasteiger partial charge is 0.118 e. The van der Waals surface area contributed by atoms with Crippen molar-refractivity contribution in [3.8, 4) is 5.75 Å². The second kappa shape index (κ2) is 11.5. The van der Waals surface area contributed by atoms with E-state index in [1.807, 2.05) is 12.1 Å². The van der Waals surface area contributed by atoms with Crippen LogP contribution >= 0.6 is 0 Å². The molecule has 3 aromatic carbocycles. The van der Waals surface area contributed by atoms with Crippen molar-refractivity contribution < 1.29 is 4.74 Å². The number of likely N-dealkylation sites (N-methyl/N-ethyl adjacent to an activating group) is 1. The van der Waals surface area contributed by atoms with Gasteiger partial charge in [-0.05, 0) is 55.4 Å². The van der Waals surface area contributed by atoms with Crippen molar-refractivity contribution >= 4 is 5.57 Å². The van der Waals surface area contributed by atoms with Gasteiger partial charge < -0.3 is 9.64 Å². The first-order valence-electron chi connectivity index (χ1n) is 10.9. The van der Waals surface area contributed by atoms with E-state index in [1.165, 1.54) is 22.3 Å². The summed E-state index contributed by atoms with van der Waals surface area (Å²) in [7, 11) is 5.97. The number of ether oxygens (including phenoxy) is 1. The first-order valence-corrected chi connectivity index (χ1v) is 10.9. The van der Waals surface area contributed by atoms with Crippen LogP contribution in [0.2, 0.25) is 0 Å². The fourth-order valence-corrected chi connectivity index (χ4v) is 3.71. The Bertz CT molecular complexity index is 892. The molecule has 0 saturated heterocycles. The molecular formula is C28H34N2O. The molecule has 0 bridgehead atoms. The first-order chi connectivity index (χ1) is 15.1. The first kappa shape index (κ1) is 22.8. The van der Waals surface area contributed by atoms with Crippen LogP contribution in [-0.4, -0.2) is 50.6 Å². The van der Waals surface area contributed by atoms with Gasteiger partial charge in [0.1, 0.15) is 5.75 Å². The van der Waals surface area contributed by atoms with E-state index in [-0.39, 0.29) is 0 Å². The average molecular weight is 415 g/mol. The molecule has 0 radical (unpaired) electrons. The molecule has 0 heterocycles.